The molecule has 1 aliphatic rings. The van der Waals surface area contributed by atoms with E-state index in [0.717, 1.165) is 28.9 Å². The minimum absolute atomic E-state index is 0.103. The number of ether oxygens (including phenoxy) is 1. The van der Waals surface area contributed by atoms with E-state index in [1.54, 1.807) is 4.68 Å². The van der Waals surface area contributed by atoms with Crippen molar-refractivity contribution in [3.8, 4) is 22.8 Å². The molecule has 1 heterocycles. The van der Waals surface area contributed by atoms with Gasteiger partial charge in [0.05, 0.1) is 17.3 Å². The summed E-state index contributed by atoms with van der Waals surface area (Å²) < 4.78 is 7.58. The van der Waals surface area contributed by atoms with Gasteiger partial charge in [0.25, 0.3) is 0 Å². The Morgan fingerprint density at radius 3 is 2.30 bits per heavy atom. The van der Waals surface area contributed by atoms with Gasteiger partial charge in [0, 0.05) is 11.6 Å². The van der Waals surface area contributed by atoms with Gasteiger partial charge in [-0.3, -0.25) is 4.79 Å². The first-order valence-electron chi connectivity index (χ1n) is 10.2. The predicted octanol–water partition coefficient (Wildman–Crippen LogP) is 5.56. The van der Waals surface area contributed by atoms with Gasteiger partial charge in [0.1, 0.15) is 0 Å². The number of benzene rings is 3. The monoisotopic (exact) mass is 394 g/mol. The van der Waals surface area contributed by atoms with Crippen molar-refractivity contribution < 1.29 is 9.53 Å². The highest BCUT2D eigenvalue weighted by atomic mass is 16.5. The minimum atomic E-state index is -0.197. The molecule has 1 fully saturated rings. The second-order valence-corrected chi connectivity index (χ2v) is 7.76. The van der Waals surface area contributed by atoms with Crippen LogP contribution in [0.15, 0.2) is 91.0 Å². The van der Waals surface area contributed by atoms with Crippen molar-refractivity contribution in [1.29, 1.82) is 0 Å². The van der Waals surface area contributed by atoms with E-state index in [-0.39, 0.29) is 17.8 Å². The van der Waals surface area contributed by atoms with E-state index < -0.39 is 0 Å². The van der Waals surface area contributed by atoms with Crippen LogP contribution in [0, 0.1) is 12.8 Å². The number of hydrogen-bond acceptors (Lipinski definition) is 3. The zero-order valence-electron chi connectivity index (χ0n) is 16.7. The van der Waals surface area contributed by atoms with Gasteiger partial charge >= 0.3 is 5.97 Å². The summed E-state index contributed by atoms with van der Waals surface area (Å²) in [6.07, 6.45) is 0.826. The number of aryl methyl sites for hydroxylation is 1. The second-order valence-electron chi connectivity index (χ2n) is 7.76. The van der Waals surface area contributed by atoms with Gasteiger partial charge in [-0.1, -0.05) is 78.4 Å². The molecule has 1 saturated carbocycles. The van der Waals surface area contributed by atoms with Gasteiger partial charge in [-0.05, 0) is 37.0 Å². The van der Waals surface area contributed by atoms with Crippen LogP contribution in [0.3, 0.4) is 0 Å². The van der Waals surface area contributed by atoms with Crippen molar-refractivity contribution in [2.75, 3.05) is 0 Å². The zero-order chi connectivity index (χ0) is 20.5. The molecule has 1 aliphatic carbocycles. The van der Waals surface area contributed by atoms with E-state index in [9.17, 15) is 4.79 Å². The molecule has 0 aliphatic heterocycles. The standard InChI is InChI=1S/C26H22N2O2/c1-18-12-14-21(15-13-18)28-25(17-24(27-28)20-10-6-3-7-11-20)30-26(29)23-16-22(23)19-8-4-2-5-9-19/h2-15,17,22-23H,16H2,1H3/t22-,23-/m0/s1. The lowest BCUT2D eigenvalue weighted by Crippen LogP contribution is -2.14. The van der Waals surface area contributed by atoms with Crippen molar-refractivity contribution in [2.24, 2.45) is 5.92 Å². The zero-order valence-corrected chi connectivity index (χ0v) is 16.7. The van der Waals surface area contributed by atoms with Crippen LogP contribution in [0.1, 0.15) is 23.5 Å². The van der Waals surface area contributed by atoms with E-state index in [1.165, 1.54) is 5.56 Å². The number of carbonyl (C=O) groups is 1. The van der Waals surface area contributed by atoms with Crippen LogP contribution in [0.25, 0.3) is 16.9 Å². The molecular formula is C26H22N2O2. The van der Waals surface area contributed by atoms with Crippen LogP contribution in [-0.2, 0) is 4.79 Å². The second kappa shape index (κ2) is 7.64. The fourth-order valence-corrected chi connectivity index (χ4v) is 3.76. The molecular weight excluding hydrogens is 372 g/mol. The predicted molar refractivity (Wildman–Crippen MR) is 117 cm³/mol. The van der Waals surface area contributed by atoms with Gasteiger partial charge < -0.3 is 4.74 Å². The Bertz CT molecular complexity index is 1160. The third-order valence-corrected chi connectivity index (χ3v) is 5.55. The molecule has 4 nitrogen and oxygen atoms in total. The van der Waals surface area contributed by atoms with Gasteiger partial charge in [0.15, 0.2) is 0 Å². The number of esters is 1. The van der Waals surface area contributed by atoms with Crippen molar-refractivity contribution in [3.05, 3.63) is 102 Å². The summed E-state index contributed by atoms with van der Waals surface area (Å²) in [6, 6.07) is 29.9. The van der Waals surface area contributed by atoms with Gasteiger partial charge in [-0.15, -0.1) is 0 Å². The van der Waals surface area contributed by atoms with Gasteiger partial charge in [-0.2, -0.15) is 5.10 Å². The summed E-state index contributed by atoms with van der Waals surface area (Å²) in [4.78, 5) is 12.9. The molecule has 0 amide bonds. The molecule has 5 rings (SSSR count). The van der Waals surface area contributed by atoms with Crippen LogP contribution in [0.5, 0.6) is 5.88 Å². The van der Waals surface area contributed by atoms with Crippen LogP contribution < -0.4 is 4.74 Å². The fraction of sp³-hybridized carbons (Fsp3) is 0.154. The highest BCUT2D eigenvalue weighted by Crippen LogP contribution is 2.48. The Labute approximate surface area is 175 Å². The van der Waals surface area contributed by atoms with Crippen LogP contribution >= 0.6 is 0 Å². The maximum atomic E-state index is 12.9. The molecule has 4 heteroatoms. The Hall–Kier alpha value is -3.66. The lowest BCUT2D eigenvalue weighted by Gasteiger charge is -2.08. The molecule has 0 radical (unpaired) electrons. The van der Waals surface area contributed by atoms with Crippen LogP contribution in [0.2, 0.25) is 0 Å². The van der Waals surface area contributed by atoms with Crippen molar-refractivity contribution in [2.45, 2.75) is 19.3 Å². The smallest absolute Gasteiger partial charge is 0.316 e. The average molecular weight is 394 g/mol. The van der Waals surface area contributed by atoms with Crippen molar-refractivity contribution in [3.63, 3.8) is 0 Å². The highest BCUT2D eigenvalue weighted by Gasteiger charge is 2.45. The first kappa shape index (κ1) is 18.4. The van der Waals surface area contributed by atoms with Gasteiger partial charge in [0.2, 0.25) is 5.88 Å². The molecule has 0 spiro atoms. The molecule has 2 atom stereocenters. The Balaban J connectivity index is 1.44. The maximum absolute atomic E-state index is 12.9. The summed E-state index contributed by atoms with van der Waals surface area (Å²) in [6.45, 7) is 2.04. The quantitative estimate of drug-likeness (QED) is 0.417. The van der Waals surface area contributed by atoms with Crippen LogP contribution in [0.4, 0.5) is 0 Å². The SMILES string of the molecule is Cc1ccc(-n2nc(-c3ccccc3)cc2OC(=O)[C@H]2C[C@H]2c2ccccc2)cc1. The molecule has 148 valence electrons. The summed E-state index contributed by atoms with van der Waals surface area (Å²) in [7, 11) is 0. The number of carbonyl (C=O) groups excluding carboxylic acids is 1. The van der Waals surface area contributed by atoms with E-state index in [1.807, 2.05) is 85.8 Å². The molecule has 0 saturated heterocycles. The normalized spacial score (nSPS) is 17.5. The third-order valence-electron chi connectivity index (χ3n) is 5.55. The Morgan fingerprint density at radius 1 is 0.933 bits per heavy atom. The first-order chi connectivity index (χ1) is 14.7. The Morgan fingerprint density at radius 2 is 1.60 bits per heavy atom. The average Bonchev–Trinajstić information content (AvgIpc) is 3.50. The molecule has 4 aromatic rings. The fourth-order valence-electron chi connectivity index (χ4n) is 3.76. The number of aromatic nitrogens is 2. The van der Waals surface area contributed by atoms with Crippen molar-refractivity contribution >= 4 is 5.97 Å². The van der Waals surface area contributed by atoms with Crippen LogP contribution in [-0.4, -0.2) is 15.7 Å². The molecule has 1 aromatic heterocycles. The minimum Gasteiger partial charge on any atom is -0.407 e. The van der Waals surface area contributed by atoms with E-state index in [4.69, 9.17) is 9.84 Å². The van der Waals surface area contributed by atoms with E-state index >= 15 is 0 Å². The summed E-state index contributed by atoms with van der Waals surface area (Å²) >= 11 is 0. The molecule has 0 N–H and O–H groups in total. The number of rotatable bonds is 5. The lowest BCUT2D eigenvalue weighted by atomic mass is 10.1. The van der Waals surface area contributed by atoms with E-state index in [2.05, 4.69) is 12.1 Å². The first-order valence-corrected chi connectivity index (χ1v) is 10.2. The summed E-state index contributed by atoms with van der Waals surface area (Å²) in [5.41, 5.74) is 4.97. The highest BCUT2D eigenvalue weighted by molar-refractivity contribution is 5.80. The number of hydrogen-bond donors (Lipinski definition) is 0. The molecule has 0 bridgehead atoms. The Kier molecular flexibility index (Phi) is 4.68. The number of nitrogens with zero attached hydrogens (tertiary/aromatic N) is 2. The summed E-state index contributed by atoms with van der Waals surface area (Å²) in [5.74, 6) is 0.384. The topological polar surface area (TPSA) is 44.1 Å². The largest absolute Gasteiger partial charge is 0.407 e. The lowest BCUT2D eigenvalue weighted by molar-refractivity contribution is -0.136. The maximum Gasteiger partial charge on any atom is 0.316 e. The van der Waals surface area contributed by atoms with Crippen molar-refractivity contribution in [1.82, 2.24) is 9.78 Å². The molecule has 3 aromatic carbocycles. The van der Waals surface area contributed by atoms with E-state index in [0.29, 0.717) is 5.88 Å². The molecule has 0 unspecified atom stereocenters. The van der Waals surface area contributed by atoms with Gasteiger partial charge in [-0.25, -0.2) is 4.68 Å². The molecule has 30 heavy (non-hydrogen) atoms. The summed E-state index contributed by atoms with van der Waals surface area (Å²) in [5, 5.41) is 4.73. The third kappa shape index (κ3) is 3.64.